The molecule has 0 aliphatic rings. The molecule has 1 unspecified atom stereocenters. The van der Waals surface area contributed by atoms with Gasteiger partial charge in [0.15, 0.2) is 0 Å². The van der Waals surface area contributed by atoms with E-state index in [1.54, 1.807) is 11.3 Å². The Hall–Kier alpha value is -0.390. The van der Waals surface area contributed by atoms with Crippen LogP contribution in [0.4, 0.5) is 0 Å². The average Bonchev–Trinajstić information content (AvgIpc) is 3.00. The number of aryl methyl sites for hydroxylation is 1. The molecule has 0 aliphatic heterocycles. The molecule has 0 saturated heterocycles. The topological polar surface area (TPSA) is 38.0 Å². The summed E-state index contributed by atoms with van der Waals surface area (Å²) in [4.78, 5) is 2.74. The van der Waals surface area contributed by atoms with Crippen LogP contribution in [0.25, 0.3) is 0 Å². The molecule has 2 aromatic heterocycles. The molecule has 0 aliphatic carbocycles. The number of rotatable bonds is 7. The molecule has 5 heteroatoms. The first-order chi connectivity index (χ1) is 8.78. The zero-order valence-corrected chi connectivity index (χ0v) is 12.5. The van der Waals surface area contributed by atoms with Crippen LogP contribution in [0, 0.1) is 0 Å². The maximum atomic E-state index is 5.93. The number of hydrogen-bond donors (Lipinski definition) is 2. The second-order valence-corrected chi connectivity index (χ2v) is 7.08. The number of hydrazine groups is 1. The van der Waals surface area contributed by atoms with Crippen molar-refractivity contribution in [2.75, 3.05) is 0 Å². The summed E-state index contributed by atoms with van der Waals surface area (Å²) in [6, 6.07) is 8.65. The van der Waals surface area contributed by atoms with E-state index in [4.69, 9.17) is 17.4 Å². The van der Waals surface area contributed by atoms with Gasteiger partial charge in [-0.05, 0) is 49.3 Å². The highest BCUT2D eigenvalue weighted by Gasteiger charge is 2.09. The summed E-state index contributed by atoms with van der Waals surface area (Å²) >= 11 is 9.38. The molecule has 1 atom stereocenters. The molecule has 98 valence electrons. The summed E-state index contributed by atoms with van der Waals surface area (Å²) in [5, 5.41) is 2.13. The fourth-order valence-electron chi connectivity index (χ4n) is 1.93. The first-order valence-corrected chi connectivity index (χ1v) is 8.08. The summed E-state index contributed by atoms with van der Waals surface area (Å²) in [5.41, 5.74) is 2.91. The van der Waals surface area contributed by atoms with Crippen molar-refractivity contribution in [2.24, 2.45) is 5.84 Å². The van der Waals surface area contributed by atoms with Crippen LogP contribution >= 0.6 is 34.3 Å². The van der Waals surface area contributed by atoms with Gasteiger partial charge in [-0.2, -0.15) is 0 Å². The number of thiophene rings is 2. The Balaban J connectivity index is 1.75. The van der Waals surface area contributed by atoms with Gasteiger partial charge in [-0.25, -0.2) is 0 Å². The Morgan fingerprint density at radius 2 is 2.17 bits per heavy atom. The van der Waals surface area contributed by atoms with Gasteiger partial charge < -0.3 is 0 Å². The maximum Gasteiger partial charge on any atom is 0.0931 e. The van der Waals surface area contributed by atoms with Gasteiger partial charge in [-0.1, -0.05) is 17.7 Å². The van der Waals surface area contributed by atoms with Crippen molar-refractivity contribution in [2.45, 2.75) is 31.7 Å². The van der Waals surface area contributed by atoms with E-state index < -0.39 is 0 Å². The van der Waals surface area contributed by atoms with Crippen LogP contribution in [-0.2, 0) is 12.8 Å². The summed E-state index contributed by atoms with van der Waals surface area (Å²) in [6.07, 6.45) is 4.35. The third kappa shape index (κ3) is 4.37. The molecule has 0 fully saturated rings. The highest BCUT2D eigenvalue weighted by atomic mass is 35.5. The number of nitrogens with two attached hydrogens (primary N) is 1. The van der Waals surface area contributed by atoms with Crippen LogP contribution in [0.5, 0.6) is 0 Å². The van der Waals surface area contributed by atoms with E-state index in [0.717, 1.165) is 30.0 Å². The maximum absolute atomic E-state index is 5.93. The van der Waals surface area contributed by atoms with Crippen LogP contribution < -0.4 is 11.3 Å². The van der Waals surface area contributed by atoms with Gasteiger partial charge in [0.2, 0.25) is 0 Å². The van der Waals surface area contributed by atoms with Crippen LogP contribution in [0.2, 0.25) is 4.34 Å². The predicted molar refractivity (Wildman–Crippen MR) is 81.4 cm³/mol. The largest absolute Gasteiger partial charge is 0.271 e. The van der Waals surface area contributed by atoms with E-state index in [2.05, 4.69) is 29.0 Å². The van der Waals surface area contributed by atoms with Crippen LogP contribution in [-0.4, -0.2) is 6.04 Å². The van der Waals surface area contributed by atoms with Gasteiger partial charge in [-0.15, -0.1) is 22.7 Å². The van der Waals surface area contributed by atoms with Gasteiger partial charge in [0.1, 0.15) is 0 Å². The summed E-state index contributed by atoms with van der Waals surface area (Å²) in [6.45, 7) is 0. The summed E-state index contributed by atoms with van der Waals surface area (Å²) < 4.78 is 0.847. The van der Waals surface area contributed by atoms with E-state index in [9.17, 15) is 0 Å². The lowest BCUT2D eigenvalue weighted by Gasteiger charge is -2.14. The van der Waals surface area contributed by atoms with Gasteiger partial charge >= 0.3 is 0 Å². The van der Waals surface area contributed by atoms with Crippen molar-refractivity contribution in [3.05, 3.63) is 43.7 Å². The highest BCUT2D eigenvalue weighted by Crippen LogP contribution is 2.23. The second kappa shape index (κ2) is 7.26. The molecule has 3 N–H and O–H groups in total. The molecular formula is C13H17ClN2S2. The number of nitrogens with one attached hydrogen (secondary N) is 1. The van der Waals surface area contributed by atoms with Crippen molar-refractivity contribution >= 4 is 34.3 Å². The molecule has 2 heterocycles. The summed E-state index contributed by atoms with van der Waals surface area (Å²) in [7, 11) is 0. The van der Waals surface area contributed by atoms with Crippen LogP contribution in [0.15, 0.2) is 29.6 Å². The van der Waals surface area contributed by atoms with E-state index in [1.807, 2.05) is 17.4 Å². The Morgan fingerprint density at radius 3 is 2.78 bits per heavy atom. The van der Waals surface area contributed by atoms with E-state index in [-0.39, 0.29) is 0 Å². The van der Waals surface area contributed by atoms with E-state index in [0.29, 0.717) is 6.04 Å². The van der Waals surface area contributed by atoms with Crippen molar-refractivity contribution < 1.29 is 0 Å². The molecule has 0 aromatic carbocycles. The van der Waals surface area contributed by atoms with E-state index in [1.165, 1.54) is 9.75 Å². The smallest absolute Gasteiger partial charge is 0.0931 e. The Bertz CT molecular complexity index is 453. The molecule has 2 nitrogen and oxygen atoms in total. The Morgan fingerprint density at radius 1 is 1.28 bits per heavy atom. The minimum Gasteiger partial charge on any atom is -0.271 e. The fraction of sp³-hybridized carbons (Fsp3) is 0.385. The normalized spacial score (nSPS) is 12.8. The highest BCUT2D eigenvalue weighted by molar-refractivity contribution is 7.16. The zero-order valence-electron chi connectivity index (χ0n) is 10.1. The predicted octanol–water partition coefficient (Wildman–Crippen LogP) is 3.86. The molecular weight excluding hydrogens is 284 g/mol. The number of hydrogen-bond acceptors (Lipinski definition) is 4. The second-order valence-electron chi connectivity index (χ2n) is 4.25. The fourth-order valence-corrected chi connectivity index (χ4v) is 3.84. The van der Waals surface area contributed by atoms with E-state index >= 15 is 0 Å². The third-order valence-electron chi connectivity index (χ3n) is 2.87. The van der Waals surface area contributed by atoms with Crippen molar-refractivity contribution in [3.63, 3.8) is 0 Å². The van der Waals surface area contributed by atoms with Crippen LogP contribution in [0.1, 0.15) is 22.6 Å². The minimum absolute atomic E-state index is 0.333. The molecule has 0 spiro atoms. The van der Waals surface area contributed by atoms with Gasteiger partial charge in [0.25, 0.3) is 0 Å². The quantitative estimate of drug-likeness (QED) is 0.602. The summed E-state index contributed by atoms with van der Waals surface area (Å²) in [5.74, 6) is 5.61. The average molecular weight is 301 g/mol. The van der Waals surface area contributed by atoms with Crippen molar-refractivity contribution in [3.8, 4) is 0 Å². The standard InChI is InChI=1S/C13H17ClN2S2/c14-13-7-6-12(18-13)9-10(16-15)3-1-4-11-5-2-8-17-11/h2,5-8,10,16H,1,3-4,9,15H2. The first kappa shape index (κ1) is 14.0. The lowest BCUT2D eigenvalue weighted by molar-refractivity contribution is 0.479. The lowest BCUT2D eigenvalue weighted by Crippen LogP contribution is -2.36. The minimum atomic E-state index is 0.333. The molecule has 2 aromatic rings. The SMILES string of the molecule is NNC(CCCc1cccs1)Cc1ccc(Cl)s1. The third-order valence-corrected chi connectivity index (χ3v) is 5.06. The monoisotopic (exact) mass is 300 g/mol. The molecule has 18 heavy (non-hydrogen) atoms. The Kier molecular flexibility index (Phi) is 5.66. The molecule has 0 radical (unpaired) electrons. The van der Waals surface area contributed by atoms with Crippen molar-refractivity contribution in [1.29, 1.82) is 0 Å². The first-order valence-electron chi connectivity index (χ1n) is 6.00. The van der Waals surface area contributed by atoms with Gasteiger partial charge in [-0.3, -0.25) is 11.3 Å². The Labute approximate surface area is 121 Å². The van der Waals surface area contributed by atoms with Gasteiger partial charge in [0.05, 0.1) is 4.34 Å². The molecule has 2 rings (SSSR count). The molecule has 0 amide bonds. The van der Waals surface area contributed by atoms with Crippen molar-refractivity contribution in [1.82, 2.24) is 5.43 Å². The zero-order chi connectivity index (χ0) is 12.8. The number of halogens is 1. The molecule has 0 bridgehead atoms. The van der Waals surface area contributed by atoms with Crippen LogP contribution in [0.3, 0.4) is 0 Å². The lowest BCUT2D eigenvalue weighted by atomic mass is 10.1. The van der Waals surface area contributed by atoms with Gasteiger partial charge in [0, 0.05) is 15.8 Å². The molecule has 0 saturated carbocycles.